The van der Waals surface area contributed by atoms with E-state index in [4.69, 9.17) is 0 Å². The largest absolute Gasteiger partial charge is 0.364 e. The van der Waals surface area contributed by atoms with E-state index in [-0.39, 0.29) is 5.69 Å². The Hall–Kier alpha value is -1.96. The molecule has 0 radical (unpaired) electrons. The second kappa shape index (κ2) is 7.16. The Labute approximate surface area is 124 Å². The van der Waals surface area contributed by atoms with Crippen molar-refractivity contribution in [3.8, 4) is 0 Å². The Bertz CT molecular complexity index is 502. The van der Waals surface area contributed by atoms with Gasteiger partial charge < -0.3 is 15.5 Å². The van der Waals surface area contributed by atoms with Crippen LogP contribution in [0.1, 0.15) is 25.0 Å². The highest BCUT2D eigenvalue weighted by molar-refractivity contribution is 5.60. The lowest BCUT2D eigenvalue weighted by Crippen LogP contribution is -2.22. The Kier molecular flexibility index (Phi) is 5.26. The van der Waals surface area contributed by atoms with Gasteiger partial charge in [-0.1, -0.05) is 0 Å². The fourth-order valence-electron chi connectivity index (χ4n) is 2.54. The first kappa shape index (κ1) is 15.4. The molecule has 21 heavy (non-hydrogen) atoms. The van der Waals surface area contributed by atoms with Gasteiger partial charge in [-0.3, -0.25) is 10.1 Å². The maximum Gasteiger partial charge on any atom is 0.332 e. The third-order valence-electron chi connectivity index (χ3n) is 3.61. The average molecular weight is 294 g/mol. The minimum absolute atomic E-state index is 0.0461. The Morgan fingerprint density at radius 1 is 1.33 bits per heavy atom. The zero-order chi connectivity index (χ0) is 15.2. The molecule has 0 unspecified atom stereocenters. The van der Waals surface area contributed by atoms with E-state index in [0.717, 1.165) is 26.1 Å². The summed E-state index contributed by atoms with van der Waals surface area (Å²) in [6.45, 7) is 5.63. The monoisotopic (exact) mass is 294 g/mol. The van der Waals surface area contributed by atoms with E-state index < -0.39 is 4.92 Å². The summed E-state index contributed by atoms with van der Waals surface area (Å²) < 4.78 is 0. The number of anilines is 2. The zero-order valence-electron chi connectivity index (χ0n) is 12.6. The summed E-state index contributed by atoms with van der Waals surface area (Å²) in [5.41, 5.74) is 0.316. The van der Waals surface area contributed by atoms with E-state index in [2.05, 4.69) is 25.5 Å². The highest BCUT2D eigenvalue weighted by Crippen LogP contribution is 2.26. The van der Waals surface area contributed by atoms with Gasteiger partial charge in [0.2, 0.25) is 11.8 Å². The molecule has 2 N–H and O–H groups in total. The number of nitrogens with zero attached hydrogens (tertiary/aromatic N) is 4. The molecular weight excluding hydrogens is 272 g/mol. The van der Waals surface area contributed by atoms with Gasteiger partial charge >= 0.3 is 5.69 Å². The SMILES string of the molecule is CNc1nc(C)c([N+](=O)[O-])c(NCCCN2CCCC2)n1. The fourth-order valence-corrected chi connectivity index (χ4v) is 2.54. The molecule has 0 aliphatic carbocycles. The van der Waals surface area contributed by atoms with Gasteiger partial charge in [0.05, 0.1) is 4.92 Å². The van der Waals surface area contributed by atoms with E-state index in [0.29, 0.717) is 24.0 Å². The Morgan fingerprint density at radius 2 is 2.05 bits per heavy atom. The molecule has 116 valence electrons. The minimum Gasteiger partial charge on any atom is -0.364 e. The first-order chi connectivity index (χ1) is 10.1. The topological polar surface area (TPSA) is 96.2 Å². The molecule has 2 rings (SSSR count). The molecule has 8 heteroatoms. The van der Waals surface area contributed by atoms with E-state index in [9.17, 15) is 10.1 Å². The summed E-state index contributed by atoms with van der Waals surface area (Å²) in [5.74, 6) is 0.679. The molecule has 1 aromatic rings. The van der Waals surface area contributed by atoms with Crippen molar-refractivity contribution in [3.63, 3.8) is 0 Å². The minimum atomic E-state index is -0.433. The van der Waals surface area contributed by atoms with Crippen molar-refractivity contribution in [1.82, 2.24) is 14.9 Å². The van der Waals surface area contributed by atoms with E-state index in [1.54, 1.807) is 14.0 Å². The lowest BCUT2D eigenvalue weighted by Gasteiger charge is -2.14. The van der Waals surface area contributed by atoms with Crippen LogP contribution >= 0.6 is 0 Å². The van der Waals surface area contributed by atoms with Gasteiger partial charge in [-0.15, -0.1) is 0 Å². The van der Waals surface area contributed by atoms with Crippen LogP contribution in [0.5, 0.6) is 0 Å². The number of likely N-dealkylation sites (tertiary alicyclic amines) is 1. The van der Waals surface area contributed by atoms with Crippen LogP contribution in [0, 0.1) is 17.0 Å². The molecule has 8 nitrogen and oxygen atoms in total. The molecule has 0 saturated carbocycles. The maximum absolute atomic E-state index is 11.1. The average Bonchev–Trinajstić information content (AvgIpc) is 2.95. The smallest absolute Gasteiger partial charge is 0.332 e. The molecule has 1 aliphatic rings. The van der Waals surface area contributed by atoms with Crippen molar-refractivity contribution < 1.29 is 4.92 Å². The summed E-state index contributed by atoms with van der Waals surface area (Å²) in [6, 6.07) is 0. The first-order valence-corrected chi connectivity index (χ1v) is 7.29. The normalized spacial score (nSPS) is 15.1. The van der Waals surface area contributed by atoms with Crippen molar-refractivity contribution in [2.24, 2.45) is 0 Å². The number of nitro groups is 1. The molecule has 0 spiro atoms. The molecule has 1 fully saturated rings. The third kappa shape index (κ3) is 4.01. The number of rotatable bonds is 7. The molecule has 1 saturated heterocycles. The number of nitrogens with one attached hydrogen (secondary N) is 2. The Balaban J connectivity index is 1.96. The lowest BCUT2D eigenvalue weighted by molar-refractivity contribution is -0.385. The highest BCUT2D eigenvalue weighted by Gasteiger charge is 2.21. The molecular formula is C13H22N6O2. The summed E-state index contributed by atoms with van der Waals surface area (Å²) >= 11 is 0. The van der Waals surface area contributed by atoms with E-state index in [1.165, 1.54) is 12.8 Å². The van der Waals surface area contributed by atoms with Crippen molar-refractivity contribution in [2.75, 3.05) is 43.9 Å². The van der Waals surface area contributed by atoms with E-state index in [1.807, 2.05) is 0 Å². The van der Waals surface area contributed by atoms with Crippen LogP contribution < -0.4 is 10.6 Å². The summed E-state index contributed by atoms with van der Waals surface area (Å²) in [7, 11) is 1.69. The van der Waals surface area contributed by atoms with Crippen LogP contribution in [0.15, 0.2) is 0 Å². The van der Waals surface area contributed by atoms with Gasteiger partial charge in [0.1, 0.15) is 5.69 Å². The van der Waals surface area contributed by atoms with Crippen LogP contribution in [0.2, 0.25) is 0 Å². The quantitative estimate of drug-likeness (QED) is 0.448. The standard InChI is InChI=1S/C13H22N6O2/c1-10-11(19(20)21)12(17-13(14-2)16-10)15-6-5-9-18-7-3-4-8-18/h3-9H2,1-2H3,(H2,14,15,16,17). The van der Waals surface area contributed by atoms with Crippen molar-refractivity contribution in [3.05, 3.63) is 15.8 Å². The van der Waals surface area contributed by atoms with Crippen LogP contribution in [-0.4, -0.2) is 53.0 Å². The van der Waals surface area contributed by atoms with Crippen molar-refractivity contribution in [2.45, 2.75) is 26.2 Å². The van der Waals surface area contributed by atoms with Crippen LogP contribution in [0.25, 0.3) is 0 Å². The van der Waals surface area contributed by atoms with Crippen molar-refractivity contribution in [1.29, 1.82) is 0 Å². The highest BCUT2D eigenvalue weighted by atomic mass is 16.6. The lowest BCUT2D eigenvalue weighted by atomic mass is 10.3. The fraction of sp³-hybridized carbons (Fsp3) is 0.692. The summed E-state index contributed by atoms with van der Waals surface area (Å²) in [6.07, 6.45) is 3.49. The van der Waals surface area contributed by atoms with Crippen LogP contribution in [0.3, 0.4) is 0 Å². The number of aryl methyl sites for hydroxylation is 1. The molecule has 2 heterocycles. The summed E-state index contributed by atoms with van der Waals surface area (Å²) in [5, 5.41) is 17.0. The number of aromatic nitrogens is 2. The van der Waals surface area contributed by atoms with Gasteiger partial charge in [0.15, 0.2) is 0 Å². The third-order valence-corrected chi connectivity index (χ3v) is 3.61. The van der Waals surface area contributed by atoms with Gasteiger partial charge in [0, 0.05) is 13.6 Å². The molecule has 0 bridgehead atoms. The van der Waals surface area contributed by atoms with E-state index >= 15 is 0 Å². The van der Waals surface area contributed by atoms with Crippen molar-refractivity contribution >= 4 is 17.5 Å². The molecule has 1 aliphatic heterocycles. The second-order valence-electron chi connectivity index (χ2n) is 5.17. The Morgan fingerprint density at radius 3 is 2.67 bits per heavy atom. The first-order valence-electron chi connectivity index (χ1n) is 7.29. The van der Waals surface area contributed by atoms with Gasteiger partial charge in [-0.25, -0.2) is 4.98 Å². The van der Waals surface area contributed by atoms with Crippen LogP contribution in [-0.2, 0) is 0 Å². The molecule has 1 aromatic heterocycles. The van der Waals surface area contributed by atoms with Gasteiger partial charge in [-0.05, 0) is 45.8 Å². The maximum atomic E-state index is 11.1. The van der Waals surface area contributed by atoms with Gasteiger partial charge in [0.25, 0.3) is 0 Å². The molecule has 0 aromatic carbocycles. The number of hydrogen-bond acceptors (Lipinski definition) is 7. The predicted octanol–water partition coefficient (Wildman–Crippen LogP) is 1.63. The number of hydrogen-bond donors (Lipinski definition) is 2. The molecule has 0 amide bonds. The predicted molar refractivity (Wildman–Crippen MR) is 81.8 cm³/mol. The summed E-state index contributed by atoms with van der Waals surface area (Å²) in [4.78, 5) is 21.3. The second-order valence-corrected chi connectivity index (χ2v) is 5.17. The zero-order valence-corrected chi connectivity index (χ0v) is 12.6. The van der Waals surface area contributed by atoms with Gasteiger partial charge in [-0.2, -0.15) is 4.98 Å². The molecule has 0 atom stereocenters. The van der Waals surface area contributed by atoms with Crippen LogP contribution in [0.4, 0.5) is 17.5 Å².